The first kappa shape index (κ1) is 17.1. The van der Waals surface area contributed by atoms with Crippen LogP contribution in [0.5, 0.6) is 11.6 Å². The van der Waals surface area contributed by atoms with Gasteiger partial charge in [-0.1, -0.05) is 6.07 Å². The van der Waals surface area contributed by atoms with Crippen molar-refractivity contribution in [2.75, 3.05) is 24.5 Å². The van der Waals surface area contributed by atoms with Crippen LogP contribution in [0.1, 0.15) is 19.4 Å². The molecule has 1 aromatic heterocycles. The Bertz CT molecular complexity index is 783. The highest BCUT2D eigenvalue weighted by molar-refractivity contribution is 5.74. The van der Waals surface area contributed by atoms with Crippen molar-refractivity contribution in [1.29, 1.82) is 0 Å². The smallest absolute Gasteiger partial charge is 0.224 e. The van der Waals surface area contributed by atoms with Crippen molar-refractivity contribution in [3.63, 3.8) is 0 Å². The minimum Gasteiger partial charge on any atom is -0.436 e. The fraction of sp³-hybridized carbons (Fsp3) is 0.389. The van der Waals surface area contributed by atoms with E-state index in [2.05, 4.69) is 14.9 Å². The first-order chi connectivity index (χ1) is 11.9. The van der Waals surface area contributed by atoms with Crippen molar-refractivity contribution in [3.8, 4) is 11.6 Å². The lowest BCUT2D eigenvalue weighted by Crippen LogP contribution is -2.53. The van der Waals surface area contributed by atoms with Gasteiger partial charge in [0.2, 0.25) is 11.8 Å². The highest BCUT2D eigenvalue weighted by atomic mass is 19.1. The van der Waals surface area contributed by atoms with E-state index in [4.69, 9.17) is 4.74 Å². The zero-order chi connectivity index (χ0) is 18.0. The van der Waals surface area contributed by atoms with Crippen LogP contribution in [-0.2, 0) is 4.79 Å². The van der Waals surface area contributed by atoms with E-state index in [-0.39, 0.29) is 23.6 Å². The van der Waals surface area contributed by atoms with Gasteiger partial charge in [-0.15, -0.1) is 0 Å². The Labute approximate surface area is 146 Å². The maximum absolute atomic E-state index is 13.9. The van der Waals surface area contributed by atoms with E-state index in [1.54, 1.807) is 25.1 Å². The van der Waals surface area contributed by atoms with Gasteiger partial charge in [0, 0.05) is 38.7 Å². The van der Waals surface area contributed by atoms with Crippen molar-refractivity contribution in [2.24, 2.45) is 0 Å². The van der Waals surface area contributed by atoms with Crippen molar-refractivity contribution in [1.82, 2.24) is 14.9 Å². The lowest BCUT2D eigenvalue weighted by molar-refractivity contribution is -0.131. The number of piperazine rings is 1. The van der Waals surface area contributed by atoms with Gasteiger partial charge in [0.25, 0.3) is 0 Å². The number of aromatic nitrogens is 2. The molecule has 0 bridgehead atoms. The van der Waals surface area contributed by atoms with Crippen LogP contribution >= 0.6 is 0 Å². The van der Waals surface area contributed by atoms with Gasteiger partial charge in [-0.2, -0.15) is 0 Å². The zero-order valence-electron chi connectivity index (χ0n) is 14.6. The molecule has 132 valence electrons. The first-order valence-corrected chi connectivity index (χ1v) is 8.22. The van der Waals surface area contributed by atoms with Gasteiger partial charge < -0.3 is 14.5 Å². The molecular weight excluding hydrogens is 323 g/mol. The van der Waals surface area contributed by atoms with Gasteiger partial charge >= 0.3 is 0 Å². The summed E-state index contributed by atoms with van der Waals surface area (Å²) in [5, 5.41) is 0. The molecule has 1 aliphatic heterocycles. The van der Waals surface area contributed by atoms with Crippen molar-refractivity contribution in [2.45, 2.75) is 26.8 Å². The third kappa shape index (κ3) is 3.87. The summed E-state index contributed by atoms with van der Waals surface area (Å²) < 4.78 is 19.5. The standard InChI is InChI=1S/C18H21FN4O2/c1-12-4-5-15(19)16(8-12)25-18-9-17(20-11-21-18)22-6-7-23(14(3)24)13(2)10-22/h4-5,8-9,11,13H,6-7,10H2,1-3H3. The van der Waals surface area contributed by atoms with Gasteiger partial charge in [-0.3, -0.25) is 4.79 Å². The molecule has 0 spiro atoms. The molecule has 3 rings (SSSR count). The Morgan fingerprint density at radius 3 is 2.80 bits per heavy atom. The average Bonchev–Trinajstić information content (AvgIpc) is 2.58. The summed E-state index contributed by atoms with van der Waals surface area (Å²) >= 11 is 0. The van der Waals surface area contributed by atoms with Crippen molar-refractivity contribution in [3.05, 3.63) is 42.0 Å². The molecule has 1 atom stereocenters. The summed E-state index contributed by atoms with van der Waals surface area (Å²) in [4.78, 5) is 23.9. The van der Waals surface area contributed by atoms with E-state index in [0.717, 1.165) is 5.56 Å². The van der Waals surface area contributed by atoms with Crippen LogP contribution in [0, 0.1) is 12.7 Å². The van der Waals surface area contributed by atoms with Crippen LogP contribution in [-0.4, -0.2) is 46.5 Å². The highest BCUT2D eigenvalue weighted by Gasteiger charge is 2.26. The molecular formula is C18H21FN4O2. The first-order valence-electron chi connectivity index (χ1n) is 8.22. The normalized spacial score (nSPS) is 17.5. The number of nitrogens with zero attached hydrogens (tertiary/aromatic N) is 4. The molecule has 1 aromatic carbocycles. The van der Waals surface area contributed by atoms with Gasteiger partial charge in [-0.25, -0.2) is 14.4 Å². The number of hydrogen-bond acceptors (Lipinski definition) is 5. The molecule has 2 heterocycles. The summed E-state index contributed by atoms with van der Waals surface area (Å²) in [6.45, 7) is 7.46. The van der Waals surface area contributed by atoms with Crippen LogP contribution in [0.4, 0.5) is 10.2 Å². The second kappa shape index (κ2) is 7.04. The highest BCUT2D eigenvalue weighted by Crippen LogP contribution is 2.26. The van der Waals surface area contributed by atoms with E-state index < -0.39 is 5.82 Å². The van der Waals surface area contributed by atoms with E-state index in [9.17, 15) is 9.18 Å². The molecule has 0 saturated carbocycles. The number of benzene rings is 1. The molecule has 6 nitrogen and oxygen atoms in total. The van der Waals surface area contributed by atoms with Crippen LogP contribution in [0.2, 0.25) is 0 Å². The molecule has 2 aromatic rings. The number of halogens is 1. The number of carbonyl (C=O) groups excluding carboxylic acids is 1. The largest absolute Gasteiger partial charge is 0.436 e. The maximum atomic E-state index is 13.9. The fourth-order valence-corrected chi connectivity index (χ4v) is 2.99. The number of anilines is 1. The molecule has 0 radical (unpaired) electrons. The zero-order valence-corrected chi connectivity index (χ0v) is 14.6. The molecule has 0 aliphatic carbocycles. The lowest BCUT2D eigenvalue weighted by Gasteiger charge is -2.39. The number of hydrogen-bond donors (Lipinski definition) is 0. The number of amides is 1. The van der Waals surface area contributed by atoms with E-state index >= 15 is 0 Å². The topological polar surface area (TPSA) is 58.6 Å². The molecule has 1 fully saturated rings. The Morgan fingerprint density at radius 1 is 1.28 bits per heavy atom. The lowest BCUT2D eigenvalue weighted by atomic mass is 10.2. The second-order valence-corrected chi connectivity index (χ2v) is 6.26. The SMILES string of the molecule is CC(=O)N1CCN(c2cc(Oc3cc(C)ccc3F)ncn2)CC1C. The monoisotopic (exact) mass is 344 g/mol. The van der Waals surface area contributed by atoms with Crippen LogP contribution < -0.4 is 9.64 Å². The second-order valence-electron chi connectivity index (χ2n) is 6.26. The summed E-state index contributed by atoms with van der Waals surface area (Å²) in [5.74, 6) is 0.770. The minimum atomic E-state index is -0.436. The predicted molar refractivity (Wildman–Crippen MR) is 92.3 cm³/mol. The Balaban J connectivity index is 1.76. The van der Waals surface area contributed by atoms with Gasteiger partial charge in [0.15, 0.2) is 11.6 Å². The van der Waals surface area contributed by atoms with Gasteiger partial charge in [0.05, 0.1) is 0 Å². The molecule has 1 amide bonds. The van der Waals surface area contributed by atoms with E-state index in [0.29, 0.717) is 25.5 Å². The van der Waals surface area contributed by atoms with Crippen LogP contribution in [0.3, 0.4) is 0 Å². The van der Waals surface area contributed by atoms with Gasteiger partial charge in [-0.05, 0) is 31.5 Å². The van der Waals surface area contributed by atoms with E-state index in [1.165, 1.54) is 12.4 Å². The summed E-state index contributed by atoms with van der Waals surface area (Å²) in [6, 6.07) is 6.47. The van der Waals surface area contributed by atoms with Gasteiger partial charge in [0.1, 0.15) is 12.1 Å². The van der Waals surface area contributed by atoms with Crippen LogP contribution in [0.15, 0.2) is 30.6 Å². The molecule has 1 saturated heterocycles. The molecule has 0 N–H and O–H groups in total. The summed E-state index contributed by atoms with van der Waals surface area (Å²) in [6.07, 6.45) is 1.40. The van der Waals surface area contributed by atoms with E-state index in [1.807, 2.05) is 18.7 Å². The van der Waals surface area contributed by atoms with Crippen molar-refractivity contribution >= 4 is 11.7 Å². The average molecular weight is 344 g/mol. The Morgan fingerprint density at radius 2 is 2.08 bits per heavy atom. The Kier molecular flexibility index (Phi) is 4.83. The number of rotatable bonds is 3. The number of ether oxygens (including phenoxy) is 1. The molecule has 25 heavy (non-hydrogen) atoms. The third-order valence-corrected chi connectivity index (χ3v) is 4.28. The fourth-order valence-electron chi connectivity index (χ4n) is 2.99. The predicted octanol–water partition coefficient (Wildman–Crippen LogP) is 2.77. The molecule has 1 unspecified atom stereocenters. The Hall–Kier alpha value is -2.70. The quantitative estimate of drug-likeness (QED) is 0.857. The number of carbonyl (C=O) groups is 1. The van der Waals surface area contributed by atoms with Crippen LogP contribution in [0.25, 0.3) is 0 Å². The molecule has 7 heteroatoms. The number of aryl methyl sites for hydroxylation is 1. The van der Waals surface area contributed by atoms with Crippen molar-refractivity contribution < 1.29 is 13.9 Å². The minimum absolute atomic E-state index is 0.0776. The third-order valence-electron chi connectivity index (χ3n) is 4.28. The maximum Gasteiger partial charge on any atom is 0.224 e. The summed E-state index contributed by atoms with van der Waals surface area (Å²) in [7, 11) is 0. The summed E-state index contributed by atoms with van der Waals surface area (Å²) in [5.41, 5.74) is 0.903. The molecule has 1 aliphatic rings.